The van der Waals surface area contributed by atoms with Crippen molar-refractivity contribution in [3.8, 4) is 28.5 Å². The van der Waals surface area contributed by atoms with Crippen molar-refractivity contribution in [3.05, 3.63) is 58.9 Å². The van der Waals surface area contributed by atoms with E-state index in [4.69, 9.17) is 20.8 Å². The molecule has 0 saturated heterocycles. The summed E-state index contributed by atoms with van der Waals surface area (Å²) in [5.74, 6) is 0.872. The van der Waals surface area contributed by atoms with Gasteiger partial charge in [-0.15, -0.1) is 21.5 Å². The van der Waals surface area contributed by atoms with Crippen LogP contribution in [0.25, 0.3) is 22.7 Å². The zero-order valence-electron chi connectivity index (χ0n) is 15.7. The number of benzene rings is 2. The van der Waals surface area contributed by atoms with Gasteiger partial charge in [0.25, 0.3) is 11.1 Å². The van der Waals surface area contributed by atoms with Crippen molar-refractivity contribution in [2.24, 2.45) is 0 Å². The first-order valence-electron chi connectivity index (χ1n) is 8.73. The van der Waals surface area contributed by atoms with E-state index in [1.54, 1.807) is 19.2 Å². The zero-order chi connectivity index (χ0) is 20.9. The molecule has 0 unspecified atom stereocenters. The third kappa shape index (κ3) is 4.81. The number of nitrogens with zero attached hydrogens (tertiary/aromatic N) is 3. The third-order valence-electron chi connectivity index (χ3n) is 3.96. The van der Waals surface area contributed by atoms with Crippen LogP contribution in [0.2, 0.25) is 5.02 Å². The summed E-state index contributed by atoms with van der Waals surface area (Å²) in [5.41, 5.74) is 2.40. The number of methoxy groups -OCH3 is 1. The molecular weight excluding hydrogens is 444 g/mol. The van der Waals surface area contributed by atoms with Gasteiger partial charge in [-0.25, -0.2) is 4.98 Å². The largest absolute Gasteiger partial charge is 0.496 e. The molecule has 4 aromatic rings. The van der Waals surface area contributed by atoms with Crippen molar-refractivity contribution in [2.75, 3.05) is 18.2 Å². The Bertz CT molecular complexity index is 1160. The number of amides is 1. The Morgan fingerprint density at radius 2 is 2.00 bits per heavy atom. The molecule has 10 heteroatoms. The van der Waals surface area contributed by atoms with Crippen LogP contribution in [-0.2, 0) is 4.79 Å². The number of ether oxygens (including phenoxy) is 1. The van der Waals surface area contributed by atoms with Crippen molar-refractivity contribution in [3.63, 3.8) is 0 Å². The van der Waals surface area contributed by atoms with E-state index in [1.807, 2.05) is 41.8 Å². The first-order chi connectivity index (χ1) is 14.6. The molecule has 0 aliphatic heterocycles. The van der Waals surface area contributed by atoms with E-state index in [9.17, 15) is 4.79 Å². The van der Waals surface area contributed by atoms with Crippen LogP contribution < -0.4 is 10.1 Å². The molecule has 0 aliphatic carbocycles. The lowest BCUT2D eigenvalue weighted by Gasteiger charge is -2.03. The zero-order valence-corrected chi connectivity index (χ0v) is 18.1. The van der Waals surface area contributed by atoms with E-state index in [0.29, 0.717) is 32.6 Å². The molecule has 152 valence electrons. The number of nitrogens with one attached hydrogen (secondary N) is 1. The first kappa shape index (κ1) is 20.4. The fourth-order valence-electron chi connectivity index (χ4n) is 2.57. The fraction of sp³-hybridized carbons (Fsp3) is 0.100. The molecule has 4 rings (SSSR count). The van der Waals surface area contributed by atoms with E-state index >= 15 is 0 Å². The van der Waals surface area contributed by atoms with Crippen LogP contribution in [0, 0.1) is 0 Å². The van der Waals surface area contributed by atoms with Gasteiger partial charge in [0.15, 0.2) is 5.13 Å². The number of rotatable bonds is 7. The molecule has 2 heterocycles. The average Bonchev–Trinajstić information content (AvgIpc) is 3.42. The number of para-hydroxylation sites is 1. The van der Waals surface area contributed by atoms with E-state index < -0.39 is 0 Å². The average molecular weight is 459 g/mol. The summed E-state index contributed by atoms with van der Waals surface area (Å²) < 4.78 is 10.9. The Morgan fingerprint density at radius 3 is 2.80 bits per heavy atom. The summed E-state index contributed by atoms with van der Waals surface area (Å²) in [4.78, 5) is 16.7. The molecular formula is C20H15ClN4O3S2. The predicted octanol–water partition coefficient (Wildman–Crippen LogP) is 5.25. The number of hydrogen-bond acceptors (Lipinski definition) is 8. The van der Waals surface area contributed by atoms with Gasteiger partial charge in [0.05, 0.1) is 24.1 Å². The van der Waals surface area contributed by atoms with Crippen molar-refractivity contribution >= 4 is 45.7 Å². The molecule has 0 fully saturated rings. The molecule has 2 aromatic heterocycles. The molecule has 0 saturated carbocycles. The summed E-state index contributed by atoms with van der Waals surface area (Å²) in [6.45, 7) is 0. The SMILES string of the molecule is COc1ccccc1-c1nnc(SCC(=O)Nc2nc(-c3ccc(Cl)cc3)cs2)o1. The number of thiazole rings is 1. The molecule has 2 aromatic carbocycles. The van der Waals surface area contributed by atoms with Gasteiger partial charge in [-0.3, -0.25) is 4.79 Å². The van der Waals surface area contributed by atoms with Gasteiger partial charge in [0, 0.05) is 16.0 Å². The van der Waals surface area contributed by atoms with Crippen LogP contribution >= 0.6 is 34.7 Å². The summed E-state index contributed by atoms with van der Waals surface area (Å²) in [6.07, 6.45) is 0. The van der Waals surface area contributed by atoms with E-state index in [0.717, 1.165) is 23.0 Å². The van der Waals surface area contributed by atoms with Gasteiger partial charge in [-0.2, -0.15) is 0 Å². The van der Waals surface area contributed by atoms with Crippen molar-refractivity contribution in [1.29, 1.82) is 0 Å². The second kappa shape index (κ2) is 9.29. The Hall–Kier alpha value is -2.88. The molecule has 7 nitrogen and oxygen atoms in total. The maximum absolute atomic E-state index is 12.3. The second-order valence-electron chi connectivity index (χ2n) is 5.96. The van der Waals surface area contributed by atoms with Crippen molar-refractivity contribution < 1.29 is 13.9 Å². The lowest BCUT2D eigenvalue weighted by atomic mass is 10.2. The number of aromatic nitrogens is 3. The topological polar surface area (TPSA) is 90.1 Å². The molecule has 0 bridgehead atoms. The normalized spacial score (nSPS) is 10.7. The van der Waals surface area contributed by atoms with Crippen LogP contribution in [0.5, 0.6) is 5.75 Å². The maximum atomic E-state index is 12.3. The lowest BCUT2D eigenvalue weighted by Crippen LogP contribution is -2.13. The fourth-order valence-corrected chi connectivity index (χ4v) is 3.99. The Morgan fingerprint density at radius 1 is 1.20 bits per heavy atom. The highest BCUT2D eigenvalue weighted by Gasteiger charge is 2.15. The van der Waals surface area contributed by atoms with Gasteiger partial charge >= 0.3 is 0 Å². The molecule has 0 atom stereocenters. The minimum Gasteiger partial charge on any atom is -0.496 e. The van der Waals surface area contributed by atoms with Gasteiger partial charge in [0.2, 0.25) is 5.91 Å². The molecule has 0 radical (unpaired) electrons. The minimum absolute atomic E-state index is 0.115. The summed E-state index contributed by atoms with van der Waals surface area (Å²) in [6, 6.07) is 14.7. The molecule has 0 spiro atoms. The van der Waals surface area contributed by atoms with Crippen LogP contribution in [0.4, 0.5) is 5.13 Å². The van der Waals surface area contributed by atoms with Gasteiger partial charge in [-0.1, -0.05) is 47.6 Å². The van der Waals surface area contributed by atoms with Gasteiger partial charge < -0.3 is 14.5 Å². The third-order valence-corrected chi connectivity index (χ3v) is 5.79. The molecule has 30 heavy (non-hydrogen) atoms. The highest BCUT2D eigenvalue weighted by Crippen LogP contribution is 2.30. The number of halogens is 1. The Balaban J connectivity index is 1.35. The minimum atomic E-state index is -0.214. The van der Waals surface area contributed by atoms with Gasteiger partial charge in [-0.05, 0) is 24.3 Å². The standard InChI is InChI=1S/C20H15ClN4O3S2/c1-27-16-5-3-2-4-14(16)18-24-25-20(28-18)30-11-17(26)23-19-22-15(10-29-19)12-6-8-13(21)9-7-12/h2-10H,11H2,1H3,(H,22,23,26). The van der Waals surface area contributed by atoms with E-state index in [2.05, 4.69) is 20.5 Å². The summed E-state index contributed by atoms with van der Waals surface area (Å²) >= 11 is 8.41. The van der Waals surface area contributed by atoms with E-state index in [1.165, 1.54) is 11.3 Å². The highest BCUT2D eigenvalue weighted by atomic mass is 35.5. The molecule has 1 N–H and O–H groups in total. The quantitative estimate of drug-likeness (QED) is 0.378. The van der Waals surface area contributed by atoms with Crippen LogP contribution in [0.1, 0.15) is 0 Å². The van der Waals surface area contributed by atoms with E-state index in [-0.39, 0.29) is 11.7 Å². The number of hydrogen-bond donors (Lipinski definition) is 1. The molecule has 0 aliphatic rings. The highest BCUT2D eigenvalue weighted by molar-refractivity contribution is 7.99. The lowest BCUT2D eigenvalue weighted by molar-refractivity contribution is -0.113. The number of carbonyl (C=O) groups excluding carboxylic acids is 1. The summed E-state index contributed by atoms with van der Waals surface area (Å²) in [7, 11) is 1.58. The Kier molecular flexibility index (Phi) is 6.32. The predicted molar refractivity (Wildman–Crippen MR) is 118 cm³/mol. The number of anilines is 1. The second-order valence-corrected chi connectivity index (χ2v) is 8.18. The summed E-state index contributed by atoms with van der Waals surface area (Å²) in [5, 5.41) is 14.2. The maximum Gasteiger partial charge on any atom is 0.277 e. The van der Waals surface area contributed by atoms with Crippen molar-refractivity contribution in [2.45, 2.75) is 5.22 Å². The Labute approximate surface area is 185 Å². The van der Waals surface area contributed by atoms with Crippen LogP contribution in [0.3, 0.4) is 0 Å². The van der Waals surface area contributed by atoms with Crippen LogP contribution in [0.15, 0.2) is 63.6 Å². The van der Waals surface area contributed by atoms with Gasteiger partial charge in [0.1, 0.15) is 5.75 Å². The van der Waals surface area contributed by atoms with Crippen LogP contribution in [-0.4, -0.2) is 34.0 Å². The smallest absolute Gasteiger partial charge is 0.277 e. The molecule has 1 amide bonds. The number of carbonyl (C=O) groups is 1. The van der Waals surface area contributed by atoms with Crippen molar-refractivity contribution in [1.82, 2.24) is 15.2 Å². The monoisotopic (exact) mass is 458 g/mol. The first-order valence-corrected chi connectivity index (χ1v) is 11.0. The number of thioether (sulfide) groups is 1.